The highest BCUT2D eigenvalue weighted by Crippen LogP contribution is 2.50. The Labute approximate surface area is 224 Å². The van der Waals surface area contributed by atoms with Crippen LogP contribution in [0.5, 0.6) is 0 Å². The van der Waals surface area contributed by atoms with Gasteiger partial charge in [-0.3, -0.25) is 24.1 Å². The zero-order valence-electron chi connectivity index (χ0n) is 21.4. The van der Waals surface area contributed by atoms with E-state index in [2.05, 4.69) is 10.6 Å². The zero-order valence-corrected chi connectivity index (χ0v) is 22.2. The van der Waals surface area contributed by atoms with Crippen LogP contribution in [0.1, 0.15) is 45.2 Å². The largest absolute Gasteiger partial charge is 0.480 e. The van der Waals surface area contributed by atoms with Gasteiger partial charge in [-0.2, -0.15) is 0 Å². The lowest BCUT2D eigenvalue weighted by atomic mass is 9.95. The van der Waals surface area contributed by atoms with Gasteiger partial charge in [0.1, 0.15) is 23.5 Å². The van der Waals surface area contributed by atoms with Crippen LogP contribution in [-0.4, -0.2) is 97.3 Å². The molecular formula is C25H31N5O7S. The van der Waals surface area contributed by atoms with Gasteiger partial charge < -0.3 is 25.5 Å². The summed E-state index contributed by atoms with van der Waals surface area (Å²) >= 11 is 1.29. The number of carboxylic acids is 1. The fourth-order valence-corrected chi connectivity index (χ4v) is 6.59. The van der Waals surface area contributed by atoms with E-state index in [1.54, 1.807) is 44.2 Å². The van der Waals surface area contributed by atoms with Crippen molar-refractivity contribution in [1.29, 1.82) is 0 Å². The first kappa shape index (κ1) is 27.4. The Morgan fingerprint density at radius 2 is 1.79 bits per heavy atom. The van der Waals surface area contributed by atoms with Crippen molar-refractivity contribution in [2.75, 3.05) is 19.6 Å². The lowest BCUT2D eigenvalue weighted by molar-refractivity contribution is -0.161. The first-order valence-corrected chi connectivity index (χ1v) is 13.3. The lowest BCUT2D eigenvalue weighted by Gasteiger charge is -2.44. The zero-order chi connectivity index (χ0) is 27.8. The second-order valence-corrected chi connectivity index (χ2v) is 11.8. The van der Waals surface area contributed by atoms with E-state index in [1.165, 1.54) is 21.6 Å². The molecule has 3 N–H and O–H groups in total. The number of hydrogen-bond donors (Lipinski definition) is 3. The summed E-state index contributed by atoms with van der Waals surface area (Å²) in [6.45, 7) is 6.05. The predicted octanol–water partition coefficient (Wildman–Crippen LogP) is 0.540. The average molecular weight is 546 g/mol. The van der Waals surface area contributed by atoms with Gasteiger partial charge in [0.15, 0.2) is 0 Å². The van der Waals surface area contributed by atoms with Gasteiger partial charge in [-0.1, -0.05) is 43.7 Å². The van der Waals surface area contributed by atoms with Crippen molar-refractivity contribution in [3.63, 3.8) is 0 Å². The first-order chi connectivity index (χ1) is 18.0. The van der Waals surface area contributed by atoms with Crippen molar-refractivity contribution >= 4 is 47.4 Å². The minimum absolute atomic E-state index is 0.0102. The minimum Gasteiger partial charge on any atom is -0.480 e. The Morgan fingerprint density at radius 3 is 2.42 bits per heavy atom. The number of carbonyl (C=O) groups excluding carboxylic acids is 5. The monoisotopic (exact) mass is 545 g/mol. The van der Waals surface area contributed by atoms with E-state index in [1.807, 2.05) is 6.92 Å². The molecule has 1 aromatic rings. The highest BCUT2D eigenvalue weighted by molar-refractivity contribution is 8.01. The van der Waals surface area contributed by atoms with Gasteiger partial charge in [-0.25, -0.2) is 9.59 Å². The van der Waals surface area contributed by atoms with Crippen molar-refractivity contribution in [3.8, 4) is 0 Å². The number of thioether (sulfide) groups is 1. The average Bonchev–Trinajstić information content (AvgIpc) is 3.14. The molecule has 38 heavy (non-hydrogen) atoms. The van der Waals surface area contributed by atoms with E-state index in [4.69, 9.17) is 0 Å². The number of carbonyl (C=O) groups is 6. The van der Waals surface area contributed by atoms with Gasteiger partial charge >= 0.3 is 23.8 Å². The maximum atomic E-state index is 13.4. The van der Waals surface area contributed by atoms with Gasteiger partial charge in [0.2, 0.25) is 11.8 Å². The van der Waals surface area contributed by atoms with Gasteiger partial charge in [-0.05, 0) is 25.8 Å². The van der Waals surface area contributed by atoms with Gasteiger partial charge in [0.05, 0.1) is 0 Å². The van der Waals surface area contributed by atoms with Crippen LogP contribution in [0.3, 0.4) is 0 Å². The number of benzene rings is 1. The van der Waals surface area contributed by atoms with Crippen molar-refractivity contribution in [2.24, 2.45) is 0 Å². The van der Waals surface area contributed by atoms with Crippen LogP contribution in [0.2, 0.25) is 0 Å². The fourth-order valence-electron chi connectivity index (χ4n) is 4.96. The van der Waals surface area contributed by atoms with Crippen LogP contribution in [0.4, 0.5) is 4.79 Å². The Kier molecular flexibility index (Phi) is 7.68. The van der Waals surface area contributed by atoms with Crippen LogP contribution in [0, 0.1) is 0 Å². The highest BCUT2D eigenvalue weighted by Gasteiger charge is 2.64. The summed E-state index contributed by atoms with van der Waals surface area (Å²) in [5, 5.41) is 14.2. The van der Waals surface area contributed by atoms with E-state index in [0.717, 1.165) is 17.7 Å². The molecular weight excluding hydrogens is 514 g/mol. The van der Waals surface area contributed by atoms with Crippen molar-refractivity contribution in [1.82, 2.24) is 25.3 Å². The molecule has 0 radical (unpaired) electrons. The van der Waals surface area contributed by atoms with E-state index in [9.17, 15) is 33.9 Å². The third kappa shape index (κ3) is 4.94. The molecule has 3 fully saturated rings. The van der Waals surface area contributed by atoms with Gasteiger partial charge in [0.25, 0.3) is 0 Å². The van der Waals surface area contributed by atoms with E-state index >= 15 is 0 Å². The number of amides is 6. The number of urea groups is 1. The summed E-state index contributed by atoms with van der Waals surface area (Å²) in [5.74, 6) is -4.07. The summed E-state index contributed by atoms with van der Waals surface area (Å²) in [6.07, 6.45) is 1.59. The molecule has 3 aliphatic heterocycles. The minimum atomic E-state index is -1.26. The molecule has 0 saturated carbocycles. The molecule has 0 spiro atoms. The molecule has 3 saturated heterocycles. The number of nitrogens with zero attached hydrogens (tertiary/aromatic N) is 3. The maximum absolute atomic E-state index is 13.4. The summed E-state index contributed by atoms with van der Waals surface area (Å²) < 4.78 is -0.759. The second-order valence-electron chi connectivity index (χ2n) is 9.98. The Hall–Kier alpha value is -3.61. The van der Waals surface area contributed by atoms with Gasteiger partial charge in [0, 0.05) is 24.4 Å². The molecule has 0 aliphatic carbocycles. The van der Waals surface area contributed by atoms with Crippen LogP contribution >= 0.6 is 11.8 Å². The molecule has 12 nitrogen and oxygen atoms in total. The van der Waals surface area contributed by atoms with Crippen molar-refractivity contribution < 1.29 is 33.9 Å². The number of carboxylic acid groups (broad SMARTS) is 1. The number of β-lactam (4-membered cyclic amide) rings is 1. The van der Waals surface area contributed by atoms with Gasteiger partial charge in [-0.15, -0.1) is 11.8 Å². The molecule has 4 rings (SSSR count). The highest BCUT2D eigenvalue weighted by atomic mass is 32.2. The summed E-state index contributed by atoms with van der Waals surface area (Å²) in [5.41, 5.74) is 0.408. The summed E-state index contributed by atoms with van der Waals surface area (Å²) in [7, 11) is 0. The number of piperazine rings is 1. The second kappa shape index (κ2) is 10.6. The van der Waals surface area contributed by atoms with E-state index in [-0.39, 0.29) is 13.1 Å². The molecule has 204 valence electrons. The molecule has 3 heterocycles. The van der Waals surface area contributed by atoms with Crippen LogP contribution in [-0.2, 0) is 24.0 Å². The predicted molar refractivity (Wildman–Crippen MR) is 137 cm³/mol. The first-order valence-electron chi connectivity index (χ1n) is 12.5. The standard InChI is InChI=1S/C25H31N5O7S/c1-4-5-11-28-12-13-29(21(34)20(28)33)24(37)27-15(14-9-7-6-8-10-14)18(31)26-16-19(32)30-17(23(35)36)25(2,3)38-22(16)30/h6-10,15-17,22H,4-5,11-13H2,1-3H3,(H,26,31)(H,27,37)(H,35,36)/t15?,16?,17-,22+/m0/s1. The van der Waals surface area contributed by atoms with Crippen LogP contribution in [0.15, 0.2) is 30.3 Å². The third-order valence-electron chi connectivity index (χ3n) is 6.97. The maximum Gasteiger partial charge on any atom is 0.327 e. The molecule has 6 amide bonds. The van der Waals surface area contributed by atoms with E-state index < -0.39 is 63.9 Å². The number of rotatable bonds is 8. The van der Waals surface area contributed by atoms with Crippen molar-refractivity contribution in [2.45, 2.75) is 61.9 Å². The summed E-state index contributed by atoms with van der Waals surface area (Å²) in [4.78, 5) is 79.7. The fraction of sp³-hybridized carbons (Fsp3) is 0.520. The SMILES string of the molecule is CCCCN1CCN(C(=O)NC(C(=O)NC2C(=O)N3[C@@H]2SC(C)(C)[C@@H]3C(=O)O)c2ccccc2)C(=O)C1=O. The summed E-state index contributed by atoms with van der Waals surface area (Å²) in [6, 6.07) is 4.15. The number of fused-ring (bicyclic) bond motifs is 1. The van der Waals surface area contributed by atoms with Crippen molar-refractivity contribution in [3.05, 3.63) is 35.9 Å². The molecule has 0 aromatic heterocycles. The topological polar surface area (TPSA) is 156 Å². The molecule has 1 aromatic carbocycles. The molecule has 3 aliphatic rings. The molecule has 4 atom stereocenters. The number of unbranched alkanes of at least 4 members (excludes halogenated alkanes) is 1. The van der Waals surface area contributed by atoms with E-state index in [0.29, 0.717) is 12.1 Å². The Morgan fingerprint density at radius 1 is 1.11 bits per heavy atom. The smallest absolute Gasteiger partial charge is 0.327 e. The Bertz CT molecular complexity index is 1160. The normalized spacial score (nSPS) is 25.0. The number of hydrogen-bond acceptors (Lipinski definition) is 7. The molecule has 0 bridgehead atoms. The molecule has 2 unspecified atom stereocenters. The third-order valence-corrected chi connectivity index (χ3v) is 8.54. The van der Waals surface area contributed by atoms with Crippen LogP contribution in [0.25, 0.3) is 0 Å². The quantitative estimate of drug-likeness (QED) is 0.316. The number of imide groups is 1. The lowest BCUT2D eigenvalue weighted by Crippen LogP contribution is -2.71. The number of nitrogens with one attached hydrogen (secondary N) is 2. The number of aliphatic carboxylic acids is 1. The van der Waals surface area contributed by atoms with Crippen LogP contribution < -0.4 is 10.6 Å². The molecule has 13 heteroatoms. The Balaban J connectivity index is 1.48.